The molecule has 0 aliphatic carbocycles. The summed E-state index contributed by atoms with van der Waals surface area (Å²) >= 11 is 1.25. The number of benzene rings is 1. The summed E-state index contributed by atoms with van der Waals surface area (Å²) in [5.41, 5.74) is 2.63. The van der Waals surface area contributed by atoms with Crippen molar-refractivity contribution in [2.45, 2.75) is 6.42 Å². The van der Waals surface area contributed by atoms with Gasteiger partial charge in [0.25, 0.3) is 11.8 Å². The van der Waals surface area contributed by atoms with E-state index in [-0.39, 0.29) is 11.8 Å². The number of carbonyl (C=O) groups excluding carboxylic acids is 2. The molecular formula is C18H18N6O2S. The fourth-order valence-corrected chi connectivity index (χ4v) is 2.67. The van der Waals surface area contributed by atoms with E-state index >= 15 is 0 Å². The molecule has 0 aliphatic heterocycles. The van der Waals surface area contributed by atoms with Gasteiger partial charge in [0.05, 0.1) is 5.56 Å². The van der Waals surface area contributed by atoms with Crippen LogP contribution in [0, 0.1) is 0 Å². The van der Waals surface area contributed by atoms with Crippen molar-refractivity contribution in [2.75, 3.05) is 23.7 Å². The van der Waals surface area contributed by atoms with Crippen LogP contribution in [0.4, 0.5) is 10.9 Å². The Morgan fingerprint density at radius 1 is 0.963 bits per heavy atom. The number of hydrogen-bond donors (Lipinski definition) is 3. The van der Waals surface area contributed by atoms with E-state index in [0.717, 1.165) is 6.42 Å². The highest BCUT2D eigenvalue weighted by atomic mass is 32.1. The molecule has 9 heteroatoms. The standard InChI is InChI=1S/C18H18N6O2S/c25-16(13-5-2-1-3-6-13)20-10-4-9-19-15-8-7-14(11-21-15)17(26)23-18-24-22-12-27-18/h1-3,5-8,11-12H,4,9-10H2,(H,19,21)(H,20,25)(H,23,24,26). The van der Waals surface area contributed by atoms with Crippen LogP contribution in [0.5, 0.6) is 0 Å². The lowest BCUT2D eigenvalue weighted by Gasteiger charge is -2.08. The third kappa shape index (κ3) is 5.58. The van der Waals surface area contributed by atoms with Crippen molar-refractivity contribution in [3.63, 3.8) is 0 Å². The highest BCUT2D eigenvalue weighted by Gasteiger charge is 2.08. The highest BCUT2D eigenvalue weighted by Crippen LogP contribution is 2.11. The van der Waals surface area contributed by atoms with Crippen molar-refractivity contribution in [3.05, 3.63) is 65.3 Å². The Kier molecular flexibility index (Phi) is 6.42. The van der Waals surface area contributed by atoms with Gasteiger partial charge in [-0.1, -0.05) is 29.5 Å². The number of nitrogens with zero attached hydrogens (tertiary/aromatic N) is 3. The van der Waals surface area contributed by atoms with Gasteiger partial charge < -0.3 is 10.6 Å². The fourth-order valence-electron chi connectivity index (χ4n) is 2.23. The zero-order chi connectivity index (χ0) is 18.9. The number of nitrogens with one attached hydrogen (secondary N) is 3. The van der Waals surface area contributed by atoms with Crippen molar-refractivity contribution in [3.8, 4) is 0 Å². The van der Waals surface area contributed by atoms with Crippen molar-refractivity contribution in [1.29, 1.82) is 0 Å². The van der Waals surface area contributed by atoms with Crippen LogP contribution < -0.4 is 16.0 Å². The molecular weight excluding hydrogens is 364 g/mol. The van der Waals surface area contributed by atoms with Gasteiger partial charge >= 0.3 is 0 Å². The molecule has 138 valence electrons. The third-order valence-electron chi connectivity index (χ3n) is 3.59. The second-order valence-electron chi connectivity index (χ2n) is 5.53. The van der Waals surface area contributed by atoms with Crippen molar-refractivity contribution in [2.24, 2.45) is 0 Å². The van der Waals surface area contributed by atoms with E-state index in [1.165, 1.54) is 17.5 Å². The Labute approximate surface area is 160 Å². The number of aromatic nitrogens is 3. The molecule has 3 rings (SSSR count). The van der Waals surface area contributed by atoms with Crippen molar-refractivity contribution in [1.82, 2.24) is 20.5 Å². The van der Waals surface area contributed by atoms with Gasteiger partial charge in [-0.25, -0.2) is 4.98 Å². The van der Waals surface area contributed by atoms with Crippen LogP contribution in [0.25, 0.3) is 0 Å². The Balaban J connectivity index is 1.37. The topological polar surface area (TPSA) is 109 Å². The number of rotatable bonds is 8. The Morgan fingerprint density at radius 2 is 1.81 bits per heavy atom. The molecule has 0 bridgehead atoms. The van der Waals surface area contributed by atoms with Gasteiger partial charge in [0.1, 0.15) is 11.3 Å². The molecule has 0 spiro atoms. The lowest BCUT2D eigenvalue weighted by molar-refractivity contribution is 0.0952. The average molecular weight is 382 g/mol. The molecule has 0 radical (unpaired) electrons. The molecule has 0 saturated heterocycles. The Morgan fingerprint density at radius 3 is 2.52 bits per heavy atom. The second kappa shape index (κ2) is 9.39. The molecule has 0 unspecified atom stereocenters. The highest BCUT2D eigenvalue weighted by molar-refractivity contribution is 7.13. The van der Waals surface area contributed by atoms with Crippen LogP contribution in [-0.4, -0.2) is 40.1 Å². The molecule has 3 N–H and O–H groups in total. The molecule has 1 aromatic carbocycles. The molecule has 0 aliphatic rings. The molecule has 0 fully saturated rings. The minimum atomic E-state index is -0.283. The quantitative estimate of drug-likeness (QED) is 0.516. The molecule has 8 nitrogen and oxygen atoms in total. The van der Waals surface area contributed by atoms with Crippen LogP contribution >= 0.6 is 11.3 Å². The molecule has 0 saturated carbocycles. The van der Waals surface area contributed by atoms with Crippen LogP contribution in [0.1, 0.15) is 27.1 Å². The molecule has 2 aromatic heterocycles. The van der Waals surface area contributed by atoms with E-state index in [4.69, 9.17) is 0 Å². The number of carbonyl (C=O) groups is 2. The van der Waals surface area contributed by atoms with E-state index in [1.54, 1.807) is 29.8 Å². The summed E-state index contributed by atoms with van der Waals surface area (Å²) < 4.78 is 0. The number of hydrogen-bond acceptors (Lipinski definition) is 7. The normalized spacial score (nSPS) is 10.2. The SMILES string of the molecule is O=C(NCCCNc1ccc(C(=O)Nc2nncs2)cn1)c1ccccc1. The van der Waals surface area contributed by atoms with Gasteiger partial charge in [-0.2, -0.15) is 0 Å². The number of pyridine rings is 1. The molecule has 3 aromatic rings. The maximum Gasteiger partial charge on any atom is 0.259 e. The first-order valence-electron chi connectivity index (χ1n) is 8.33. The minimum absolute atomic E-state index is 0.0838. The van der Waals surface area contributed by atoms with Crippen LogP contribution in [0.2, 0.25) is 0 Å². The summed E-state index contributed by atoms with van der Waals surface area (Å²) in [6.45, 7) is 1.21. The first-order valence-corrected chi connectivity index (χ1v) is 9.21. The zero-order valence-electron chi connectivity index (χ0n) is 14.4. The lowest BCUT2D eigenvalue weighted by Crippen LogP contribution is -2.25. The smallest absolute Gasteiger partial charge is 0.259 e. The predicted octanol–water partition coefficient (Wildman–Crippen LogP) is 2.42. The summed E-state index contributed by atoms with van der Waals surface area (Å²) in [6, 6.07) is 12.5. The summed E-state index contributed by atoms with van der Waals surface area (Å²) in [5, 5.41) is 16.5. The number of amides is 2. The van der Waals surface area contributed by atoms with E-state index < -0.39 is 0 Å². The van der Waals surface area contributed by atoms with Crippen LogP contribution in [-0.2, 0) is 0 Å². The predicted molar refractivity (Wildman–Crippen MR) is 104 cm³/mol. The van der Waals surface area contributed by atoms with Gasteiger partial charge in [0, 0.05) is 24.8 Å². The number of anilines is 2. The van der Waals surface area contributed by atoms with Crippen LogP contribution in [0.3, 0.4) is 0 Å². The van der Waals surface area contributed by atoms with Gasteiger partial charge in [-0.15, -0.1) is 10.2 Å². The average Bonchev–Trinajstić information content (AvgIpc) is 3.21. The minimum Gasteiger partial charge on any atom is -0.370 e. The lowest BCUT2D eigenvalue weighted by atomic mass is 10.2. The van der Waals surface area contributed by atoms with E-state index in [2.05, 4.69) is 31.1 Å². The van der Waals surface area contributed by atoms with Gasteiger partial charge in [-0.3, -0.25) is 14.9 Å². The molecule has 2 heterocycles. The summed E-state index contributed by atoms with van der Waals surface area (Å²) in [6.07, 6.45) is 2.25. The summed E-state index contributed by atoms with van der Waals surface area (Å²) in [4.78, 5) is 28.2. The first-order chi connectivity index (χ1) is 13.2. The first kappa shape index (κ1) is 18.5. The fraction of sp³-hybridized carbons (Fsp3) is 0.167. The van der Waals surface area contributed by atoms with Gasteiger partial charge in [0.15, 0.2) is 0 Å². The maximum absolute atomic E-state index is 12.0. The second-order valence-corrected chi connectivity index (χ2v) is 6.37. The van der Waals surface area contributed by atoms with Crippen LogP contribution in [0.15, 0.2) is 54.2 Å². The molecule has 27 heavy (non-hydrogen) atoms. The van der Waals surface area contributed by atoms with E-state index in [0.29, 0.717) is 35.2 Å². The molecule has 0 atom stereocenters. The summed E-state index contributed by atoms with van der Waals surface area (Å²) in [7, 11) is 0. The third-order valence-corrected chi connectivity index (χ3v) is 4.19. The Hall–Kier alpha value is -3.33. The van der Waals surface area contributed by atoms with E-state index in [1.807, 2.05) is 18.2 Å². The maximum atomic E-state index is 12.0. The van der Waals surface area contributed by atoms with Crippen molar-refractivity contribution >= 4 is 34.1 Å². The zero-order valence-corrected chi connectivity index (χ0v) is 15.2. The Bertz CT molecular complexity index is 869. The molecule has 2 amide bonds. The summed E-state index contributed by atoms with van der Waals surface area (Å²) in [5.74, 6) is 0.297. The van der Waals surface area contributed by atoms with E-state index in [9.17, 15) is 9.59 Å². The largest absolute Gasteiger partial charge is 0.370 e. The van der Waals surface area contributed by atoms with Gasteiger partial charge in [-0.05, 0) is 30.7 Å². The monoisotopic (exact) mass is 382 g/mol. The van der Waals surface area contributed by atoms with Crippen molar-refractivity contribution < 1.29 is 9.59 Å². The van der Waals surface area contributed by atoms with Gasteiger partial charge in [0.2, 0.25) is 5.13 Å².